The van der Waals surface area contributed by atoms with Crippen molar-refractivity contribution < 1.29 is 23.8 Å². The van der Waals surface area contributed by atoms with Gasteiger partial charge in [0.1, 0.15) is 0 Å². The number of nitrogens with zero attached hydrogens (tertiary/aromatic N) is 2. The summed E-state index contributed by atoms with van der Waals surface area (Å²) in [5.74, 6) is 0.268. The molecule has 0 aliphatic carbocycles. The van der Waals surface area contributed by atoms with Gasteiger partial charge in [0.25, 0.3) is 5.91 Å². The number of esters is 1. The minimum absolute atomic E-state index is 0.0404. The minimum Gasteiger partial charge on any atom is -0.493 e. The zero-order chi connectivity index (χ0) is 20.8. The van der Waals surface area contributed by atoms with Gasteiger partial charge >= 0.3 is 5.97 Å². The van der Waals surface area contributed by atoms with Gasteiger partial charge in [-0.25, -0.2) is 4.79 Å². The summed E-state index contributed by atoms with van der Waals surface area (Å²) in [6, 6.07) is 9.16. The molecule has 1 aromatic heterocycles. The van der Waals surface area contributed by atoms with E-state index in [1.54, 1.807) is 29.5 Å². The van der Waals surface area contributed by atoms with E-state index in [1.807, 2.05) is 4.90 Å². The molecular weight excluding hydrogens is 460 g/mol. The van der Waals surface area contributed by atoms with Crippen molar-refractivity contribution in [3.05, 3.63) is 44.6 Å². The number of carbonyl (C=O) groups excluding carboxylic acids is 2. The molecule has 1 fully saturated rings. The number of hydrogen-bond donors (Lipinski definition) is 0. The number of benzene rings is 1. The largest absolute Gasteiger partial charge is 0.493 e. The number of halogens is 1. The van der Waals surface area contributed by atoms with Crippen LogP contribution in [0.25, 0.3) is 0 Å². The molecule has 0 bridgehead atoms. The van der Waals surface area contributed by atoms with Crippen molar-refractivity contribution in [1.82, 2.24) is 9.80 Å². The van der Waals surface area contributed by atoms with E-state index in [0.717, 1.165) is 23.4 Å². The van der Waals surface area contributed by atoms with E-state index in [-0.39, 0.29) is 12.5 Å². The number of ether oxygens (including phenoxy) is 3. The second kappa shape index (κ2) is 10.1. The Morgan fingerprint density at radius 3 is 2.45 bits per heavy atom. The van der Waals surface area contributed by atoms with Gasteiger partial charge in [0.05, 0.1) is 18.0 Å². The second-order valence-electron chi connectivity index (χ2n) is 6.50. The lowest BCUT2D eigenvalue weighted by molar-refractivity contribution is -0.142. The third-order valence-electron chi connectivity index (χ3n) is 4.65. The van der Waals surface area contributed by atoms with E-state index >= 15 is 0 Å². The van der Waals surface area contributed by atoms with Crippen LogP contribution in [-0.4, -0.2) is 68.7 Å². The average molecular weight is 483 g/mol. The van der Waals surface area contributed by atoms with Crippen LogP contribution in [0.15, 0.2) is 34.1 Å². The van der Waals surface area contributed by atoms with Crippen LogP contribution in [0.5, 0.6) is 11.5 Å². The molecule has 0 saturated carbocycles. The molecule has 3 rings (SSSR count). The quantitative estimate of drug-likeness (QED) is 0.565. The van der Waals surface area contributed by atoms with Crippen molar-refractivity contribution in [3.63, 3.8) is 0 Å². The van der Waals surface area contributed by atoms with Gasteiger partial charge in [0.15, 0.2) is 18.1 Å². The maximum Gasteiger partial charge on any atom is 0.343 e. The first-order chi connectivity index (χ1) is 14.0. The van der Waals surface area contributed by atoms with Crippen molar-refractivity contribution in [1.29, 1.82) is 0 Å². The van der Waals surface area contributed by atoms with Crippen molar-refractivity contribution in [2.24, 2.45) is 0 Å². The SMILES string of the molecule is COC(=O)COc1ccc(C(=O)N2CCN(Cc3ccc(Br)s3)CC2)cc1OC. The third-order valence-corrected chi connectivity index (χ3v) is 6.26. The minimum atomic E-state index is -0.486. The Labute approximate surface area is 182 Å². The molecule has 0 spiro atoms. The molecule has 1 saturated heterocycles. The van der Waals surface area contributed by atoms with Gasteiger partial charge in [-0.05, 0) is 46.3 Å². The molecule has 1 aliphatic heterocycles. The van der Waals surface area contributed by atoms with Crippen LogP contribution < -0.4 is 9.47 Å². The molecule has 0 unspecified atom stereocenters. The Bertz CT molecular complexity index is 864. The van der Waals surface area contributed by atoms with Crippen LogP contribution in [0, 0.1) is 0 Å². The van der Waals surface area contributed by atoms with Crippen LogP contribution in [0.2, 0.25) is 0 Å². The fourth-order valence-corrected chi connectivity index (χ4v) is 4.59. The number of rotatable bonds is 7. The molecule has 2 heterocycles. The molecule has 1 amide bonds. The monoisotopic (exact) mass is 482 g/mol. The lowest BCUT2D eigenvalue weighted by Gasteiger charge is -2.34. The smallest absolute Gasteiger partial charge is 0.343 e. The van der Waals surface area contributed by atoms with E-state index in [9.17, 15) is 9.59 Å². The Morgan fingerprint density at radius 1 is 1.07 bits per heavy atom. The highest BCUT2D eigenvalue weighted by Gasteiger charge is 2.23. The highest BCUT2D eigenvalue weighted by molar-refractivity contribution is 9.11. The molecule has 1 aliphatic rings. The molecule has 9 heteroatoms. The van der Waals surface area contributed by atoms with E-state index in [0.29, 0.717) is 30.2 Å². The van der Waals surface area contributed by atoms with Gasteiger partial charge in [-0.1, -0.05) is 0 Å². The number of amides is 1. The Morgan fingerprint density at radius 2 is 1.83 bits per heavy atom. The van der Waals surface area contributed by atoms with Gasteiger partial charge in [-0.15, -0.1) is 11.3 Å². The van der Waals surface area contributed by atoms with Crippen LogP contribution in [0.4, 0.5) is 0 Å². The summed E-state index contributed by atoms with van der Waals surface area (Å²) in [5.41, 5.74) is 0.530. The average Bonchev–Trinajstić information content (AvgIpc) is 3.16. The summed E-state index contributed by atoms with van der Waals surface area (Å²) in [6.07, 6.45) is 0. The molecule has 2 aromatic rings. The lowest BCUT2D eigenvalue weighted by atomic mass is 10.1. The normalized spacial score (nSPS) is 14.5. The standard InChI is InChI=1S/C20H23BrN2O5S/c1-26-17-11-14(3-5-16(17)28-13-19(24)27-2)20(25)23-9-7-22(8-10-23)12-15-4-6-18(21)29-15/h3-6,11H,7-10,12-13H2,1-2H3. The zero-order valence-corrected chi connectivity index (χ0v) is 18.8. The van der Waals surface area contributed by atoms with Crippen molar-refractivity contribution >= 4 is 39.1 Å². The molecule has 0 N–H and O–H groups in total. The number of hydrogen-bond acceptors (Lipinski definition) is 7. The highest BCUT2D eigenvalue weighted by Crippen LogP contribution is 2.29. The van der Waals surface area contributed by atoms with E-state index < -0.39 is 5.97 Å². The Kier molecular flexibility index (Phi) is 7.51. The predicted octanol–water partition coefficient (Wildman–Crippen LogP) is 3.03. The Hall–Kier alpha value is -2.10. The number of piperazine rings is 1. The molecule has 29 heavy (non-hydrogen) atoms. The molecule has 0 radical (unpaired) electrons. The van der Waals surface area contributed by atoms with Crippen LogP contribution in [-0.2, 0) is 16.1 Å². The molecule has 0 atom stereocenters. The molecular formula is C20H23BrN2O5S. The van der Waals surface area contributed by atoms with Crippen molar-refractivity contribution in [3.8, 4) is 11.5 Å². The van der Waals surface area contributed by atoms with E-state index in [2.05, 4.69) is 37.7 Å². The van der Waals surface area contributed by atoms with Gasteiger partial charge in [-0.2, -0.15) is 0 Å². The van der Waals surface area contributed by atoms with Crippen molar-refractivity contribution in [2.45, 2.75) is 6.54 Å². The summed E-state index contributed by atoms with van der Waals surface area (Å²) in [6.45, 7) is 3.70. The van der Waals surface area contributed by atoms with E-state index in [1.165, 1.54) is 19.1 Å². The summed E-state index contributed by atoms with van der Waals surface area (Å²) < 4.78 is 16.4. The van der Waals surface area contributed by atoms with Gasteiger partial charge in [0, 0.05) is 43.2 Å². The van der Waals surface area contributed by atoms with Crippen LogP contribution >= 0.6 is 27.3 Å². The number of methoxy groups -OCH3 is 2. The lowest BCUT2D eigenvalue weighted by Crippen LogP contribution is -2.48. The zero-order valence-electron chi connectivity index (χ0n) is 16.4. The van der Waals surface area contributed by atoms with E-state index in [4.69, 9.17) is 9.47 Å². The van der Waals surface area contributed by atoms with Gasteiger partial charge in [0.2, 0.25) is 0 Å². The van der Waals surface area contributed by atoms with Gasteiger partial charge < -0.3 is 19.1 Å². The summed E-state index contributed by atoms with van der Waals surface area (Å²) >= 11 is 5.23. The second-order valence-corrected chi connectivity index (χ2v) is 9.05. The predicted molar refractivity (Wildman–Crippen MR) is 114 cm³/mol. The first-order valence-electron chi connectivity index (χ1n) is 9.13. The summed E-state index contributed by atoms with van der Waals surface area (Å²) in [4.78, 5) is 29.7. The maximum atomic E-state index is 12.9. The summed E-state index contributed by atoms with van der Waals surface area (Å²) in [5, 5.41) is 0. The fraction of sp³-hybridized carbons (Fsp3) is 0.400. The van der Waals surface area contributed by atoms with Crippen molar-refractivity contribution in [2.75, 3.05) is 47.0 Å². The first kappa shape index (κ1) is 21.6. The third kappa shape index (κ3) is 5.71. The highest BCUT2D eigenvalue weighted by atomic mass is 79.9. The maximum absolute atomic E-state index is 12.9. The topological polar surface area (TPSA) is 68.3 Å². The molecule has 1 aromatic carbocycles. The van der Waals surface area contributed by atoms with Crippen LogP contribution in [0.3, 0.4) is 0 Å². The number of carbonyl (C=O) groups is 2. The first-order valence-corrected chi connectivity index (χ1v) is 10.7. The number of thiophene rings is 1. The van der Waals surface area contributed by atoms with Crippen LogP contribution in [0.1, 0.15) is 15.2 Å². The fourth-order valence-electron chi connectivity index (χ4n) is 3.06. The molecule has 7 nitrogen and oxygen atoms in total. The van der Waals surface area contributed by atoms with Gasteiger partial charge in [-0.3, -0.25) is 9.69 Å². The molecule has 156 valence electrons. The Balaban J connectivity index is 1.58. The summed E-state index contributed by atoms with van der Waals surface area (Å²) in [7, 11) is 2.79.